The molecule has 2 aromatic rings. The van der Waals surface area contributed by atoms with Crippen LogP contribution in [0.4, 0.5) is 20.8 Å². The number of aromatic nitrogens is 2. The number of anilines is 2. The summed E-state index contributed by atoms with van der Waals surface area (Å²) < 4.78 is 13.6. The van der Waals surface area contributed by atoms with Crippen LogP contribution in [0.25, 0.3) is 0 Å². The zero-order valence-corrected chi connectivity index (χ0v) is 14.9. The number of carbonyl (C=O) groups is 2. The lowest BCUT2D eigenvalue weighted by atomic mass is 10.2. The Kier molecular flexibility index (Phi) is 5.80. The predicted molar refractivity (Wildman–Crippen MR) is 98.8 cm³/mol. The van der Waals surface area contributed by atoms with E-state index in [1.807, 2.05) is 4.90 Å². The number of nitrogens with zero attached hydrogens (tertiary/aromatic N) is 4. The molecule has 2 N–H and O–H groups in total. The zero-order valence-electron chi connectivity index (χ0n) is 14.9. The summed E-state index contributed by atoms with van der Waals surface area (Å²) in [6.45, 7) is 3.75. The highest BCUT2D eigenvalue weighted by atomic mass is 19.1. The van der Waals surface area contributed by atoms with Gasteiger partial charge in [-0.2, -0.15) is 0 Å². The van der Waals surface area contributed by atoms with Crippen molar-refractivity contribution >= 4 is 23.6 Å². The van der Waals surface area contributed by atoms with Gasteiger partial charge < -0.3 is 20.4 Å². The first-order valence-electron chi connectivity index (χ1n) is 8.67. The van der Waals surface area contributed by atoms with Gasteiger partial charge in [-0.3, -0.25) is 4.79 Å². The Labute approximate surface area is 156 Å². The molecular weight excluding hydrogens is 351 g/mol. The highest BCUT2D eigenvalue weighted by Gasteiger charge is 2.25. The number of piperazine rings is 1. The summed E-state index contributed by atoms with van der Waals surface area (Å²) in [5, 5.41) is 5.12. The fourth-order valence-electron chi connectivity index (χ4n) is 2.71. The lowest BCUT2D eigenvalue weighted by molar-refractivity contribution is -0.117. The van der Waals surface area contributed by atoms with E-state index in [4.69, 9.17) is 0 Å². The number of carbonyl (C=O) groups excluding carboxylic acids is 2. The van der Waals surface area contributed by atoms with E-state index in [2.05, 4.69) is 20.6 Å². The third kappa shape index (κ3) is 4.69. The van der Waals surface area contributed by atoms with Crippen LogP contribution < -0.4 is 15.5 Å². The summed E-state index contributed by atoms with van der Waals surface area (Å²) in [5.74, 6) is -0.372. The summed E-state index contributed by atoms with van der Waals surface area (Å²) in [7, 11) is 0. The van der Waals surface area contributed by atoms with Crippen molar-refractivity contribution in [2.45, 2.75) is 13.0 Å². The van der Waals surface area contributed by atoms with Crippen LogP contribution >= 0.6 is 0 Å². The molecule has 1 aromatic carbocycles. The molecule has 0 bridgehead atoms. The third-order valence-electron chi connectivity index (χ3n) is 4.27. The van der Waals surface area contributed by atoms with E-state index in [0.29, 0.717) is 32.1 Å². The number of hydrogen-bond acceptors (Lipinski definition) is 5. The quantitative estimate of drug-likeness (QED) is 0.848. The fourth-order valence-corrected chi connectivity index (χ4v) is 2.71. The summed E-state index contributed by atoms with van der Waals surface area (Å²) in [6, 6.07) is 6.50. The Morgan fingerprint density at radius 3 is 2.41 bits per heavy atom. The number of nitrogens with one attached hydrogen (secondary N) is 2. The monoisotopic (exact) mass is 372 g/mol. The average molecular weight is 372 g/mol. The normalized spacial score (nSPS) is 15.2. The van der Waals surface area contributed by atoms with Crippen LogP contribution in [0.1, 0.15) is 6.92 Å². The van der Waals surface area contributed by atoms with Crippen molar-refractivity contribution < 1.29 is 14.0 Å². The van der Waals surface area contributed by atoms with Crippen molar-refractivity contribution in [3.8, 4) is 0 Å². The molecule has 1 aliphatic heterocycles. The maximum absolute atomic E-state index is 13.6. The molecule has 1 aromatic heterocycles. The number of urea groups is 1. The molecule has 0 saturated carbocycles. The van der Waals surface area contributed by atoms with Gasteiger partial charge >= 0.3 is 6.03 Å². The Morgan fingerprint density at radius 2 is 1.74 bits per heavy atom. The third-order valence-corrected chi connectivity index (χ3v) is 4.27. The van der Waals surface area contributed by atoms with Crippen molar-refractivity contribution in [1.82, 2.24) is 20.2 Å². The number of amides is 3. The second-order valence-corrected chi connectivity index (χ2v) is 6.16. The Hall–Kier alpha value is -3.23. The van der Waals surface area contributed by atoms with Crippen LogP contribution in [0.3, 0.4) is 0 Å². The van der Waals surface area contributed by atoms with Crippen LogP contribution in [0.5, 0.6) is 0 Å². The highest BCUT2D eigenvalue weighted by molar-refractivity contribution is 5.96. The summed E-state index contributed by atoms with van der Waals surface area (Å²) in [4.78, 5) is 36.6. The molecule has 0 spiro atoms. The van der Waals surface area contributed by atoms with Gasteiger partial charge in [0.1, 0.15) is 11.9 Å². The van der Waals surface area contributed by atoms with Crippen molar-refractivity contribution in [2.75, 3.05) is 36.4 Å². The molecule has 0 aliphatic carbocycles. The number of rotatable bonds is 4. The van der Waals surface area contributed by atoms with Gasteiger partial charge in [-0.15, -0.1) is 0 Å². The van der Waals surface area contributed by atoms with Crippen molar-refractivity contribution in [1.29, 1.82) is 0 Å². The molecule has 142 valence electrons. The Morgan fingerprint density at radius 1 is 1.07 bits per heavy atom. The van der Waals surface area contributed by atoms with Crippen molar-refractivity contribution in [2.24, 2.45) is 0 Å². The molecule has 1 unspecified atom stereocenters. The van der Waals surface area contributed by atoms with Crippen LogP contribution in [0.15, 0.2) is 42.7 Å². The Bertz CT molecular complexity index is 795. The molecule has 1 aliphatic rings. The number of hydrogen-bond donors (Lipinski definition) is 2. The van der Waals surface area contributed by atoms with E-state index in [1.54, 1.807) is 36.4 Å². The first-order chi connectivity index (χ1) is 13.0. The van der Waals surface area contributed by atoms with Gasteiger partial charge in [0.2, 0.25) is 11.9 Å². The molecule has 9 heteroatoms. The fraction of sp³-hybridized carbons (Fsp3) is 0.333. The van der Waals surface area contributed by atoms with E-state index < -0.39 is 17.8 Å². The molecule has 1 fully saturated rings. The molecule has 1 saturated heterocycles. The highest BCUT2D eigenvalue weighted by Crippen LogP contribution is 2.13. The lowest BCUT2D eigenvalue weighted by Gasteiger charge is -2.35. The average Bonchev–Trinajstić information content (AvgIpc) is 2.70. The second kappa shape index (κ2) is 8.43. The van der Waals surface area contributed by atoms with Gasteiger partial charge in [-0.25, -0.2) is 19.2 Å². The minimum Gasteiger partial charge on any atom is -0.337 e. The number of halogens is 1. The van der Waals surface area contributed by atoms with Gasteiger partial charge in [0.15, 0.2) is 0 Å². The van der Waals surface area contributed by atoms with Crippen LogP contribution in [-0.4, -0.2) is 59.0 Å². The van der Waals surface area contributed by atoms with Gasteiger partial charge in [0.05, 0.1) is 5.69 Å². The van der Waals surface area contributed by atoms with E-state index in [-0.39, 0.29) is 11.7 Å². The molecule has 1 atom stereocenters. The van der Waals surface area contributed by atoms with E-state index in [0.717, 1.165) is 0 Å². The lowest BCUT2D eigenvalue weighted by Crippen LogP contribution is -2.55. The molecule has 0 radical (unpaired) electrons. The van der Waals surface area contributed by atoms with Crippen molar-refractivity contribution in [3.63, 3.8) is 0 Å². The van der Waals surface area contributed by atoms with Crippen LogP contribution in [0.2, 0.25) is 0 Å². The van der Waals surface area contributed by atoms with Crippen LogP contribution in [-0.2, 0) is 4.79 Å². The Balaban J connectivity index is 1.49. The van der Waals surface area contributed by atoms with Gasteiger partial charge in [-0.05, 0) is 25.1 Å². The van der Waals surface area contributed by atoms with E-state index in [9.17, 15) is 14.0 Å². The molecule has 3 amide bonds. The van der Waals surface area contributed by atoms with Crippen molar-refractivity contribution in [3.05, 3.63) is 48.5 Å². The first kappa shape index (κ1) is 18.6. The summed E-state index contributed by atoms with van der Waals surface area (Å²) in [6.07, 6.45) is 3.36. The smallest absolute Gasteiger partial charge is 0.318 e. The van der Waals surface area contributed by atoms with Gasteiger partial charge in [0.25, 0.3) is 0 Å². The standard InChI is InChI=1S/C18H21FN6O2/c1-13(16(26)23-15-6-3-2-5-14(15)19)22-18(27)25-11-9-24(10-12-25)17-20-7-4-8-21-17/h2-8,13H,9-12H2,1H3,(H,22,27)(H,23,26). The molecule has 3 rings (SSSR count). The van der Waals surface area contributed by atoms with E-state index in [1.165, 1.54) is 18.2 Å². The number of benzene rings is 1. The summed E-state index contributed by atoms with van der Waals surface area (Å²) in [5.41, 5.74) is 0.0834. The SMILES string of the molecule is CC(NC(=O)N1CCN(c2ncccn2)CC1)C(=O)Nc1ccccc1F. The maximum Gasteiger partial charge on any atom is 0.318 e. The van der Waals surface area contributed by atoms with Gasteiger partial charge in [-0.1, -0.05) is 12.1 Å². The molecular formula is C18H21FN6O2. The zero-order chi connectivity index (χ0) is 19.2. The largest absolute Gasteiger partial charge is 0.337 e. The topological polar surface area (TPSA) is 90.5 Å². The minimum absolute atomic E-state index is 0.0834. The van der Waals surface area contributed by atoms with Gasteiger partial charge in [0, 0.05) is 38.6 Å². The van der Waals surface area contributed by atoms with E-state index >= 15 is 0 Å². The first-order valence-corrected chi connectivity index (χ1v) is 8.67. The van der Waals surface area contributed by atoms with Crippen LogP contribution in [0, 0.1) is 5.82 Å². The molecule has 2 heterocycles. The second-order valence-electron chi connectivity index (χ2n) is 6.16. The maximum atomic E-state index is 13.6. The number of para-hydroxylation sites is 1. The molecule has 8 nitrogen and oxygen atoms in total. The minimum atomic E-state index is -0.799. The summed E-state index contributed by atoms with van der Waals surface area (Å²) >= 11 is 0. The molecule has 27 heavy (non-hydrogen) atoms. The predicted octanol–water partition coefficient (Wildman–Crippen LogP) is 1.47.